The van der Waals surface area contributed by atoms with Crippen LogP contribution in [0, 0.1) is 0 Å². The van der Waals surface area contributed by atoms with Crippen LogP contribution in [0.5, 0.6) is 0 Å². The zero-order chi connectivity index (χ0) is 18.4. The van der Waals surface area contributed by atoms with Crippen LogP contribution in [0.25, 0.3) is 10.9 Å². The molecule has 0 bridgehead atoms. The van der Waals surface area contributed by atoms with Gasteiger partial charge in [0.15, 0.2) is 0 Å². The van der Waals surface area contributed by atoms with Crippen molar-refractivity contribution >= 4 is 41.5 Å². The third-order valence-electron chi connectivity index (χ3n) is 4.61. The number of furan rings is 1. The number of fused-ring (bicyclic) bond motifs is 1. The van der Waals surface area contributed by atoms with Gasteiger partial charge < -0.3 is 15.5 Å². The predicted octanol–water partition coefficient (Wildman–Crippen LogP) is 4.06. The summed E-state index contributed by atoms with van der Waals surface area (Å²) in [5.74, 6) is 2.58. The molecule has 154 valence electrons. The molecule has 0 saturated heterocycles. The molecule has 8 heteroatoms. The lowest BCUT2D eigenvalue weighted by Crippen LogP contribution is -2.33. The maximum Gasteiger partial charge on any atom is 0.137 e. The van der Waals surface area contributed by atoms with Crippen molar-refractivity contribution in [3.05, 3.63) is 54.2 Å². The predicted molar refractivity (Wildman–Crippen MR) is 120 cm³/mol. The number of nitrogens with two attached hydrogens (primary N) is 1. The van der Waals surface area contributed by atoms with E-state index in [1.807, 2.05) is 36.4 Å². The number of aromatic nitrogens is 2. The number of hydrogen-bond acceptors (Lipinski definition) is 6. The zero-order valence-corrected chi connectivity index (χ0v) is 17.9. The van der Waals surface area contributed by atoms with Gasteiger partial charge in [-0.3, -0.25) is 4.90 Å². The molecule has 3 rings (SSSR count). The molecule has 0 aliphatic rings. The van der Waals surface area contributed by atoms with Crippen LogP contribution < -0.4 is 11.1 Å². The molecule has 0 saturated carbocycles. The minimum atomic E-state index is 0. The van der Waals surface area contributed by atoms with Crippen LogP contribution >= 0.6 is 24.8 Å². The van der Waals surface area contributed by atoms with E-state index in [0.29, 0.717) is 19.5 Å². The van der Waals surface area contributed by atoms with Crippen molar-refractivity contribution in [3.63, 3.8) is 0 Å². The van der Waals surface area contributed by atoms with Crippen molar-refractivity contribution < 1.29 is 4.42 Å². The molecule has 1 unspecified atom stereocenters. The van der Waals surface area contributed by atoms with Gasteiger partial charge in [-0.05, 0) is 43.9 Å². The average Bonchev–Trinajstić information content (AvgIpc) is 3.19. The summed E-state index contributed by atoms with van der Waals surface area (Å²) in [6, 6.07) is 12.2. The summed E-state index contributed by atoms with van der Waals surface area (Å²) >= 11 is 0. The number of para-hydroxylation sites is 1. The molecule has 3 N–H and O–H groups in total. The Bertz CT molecular complexity index is 825. The molecule has 2 aromatic heterocycles. The molecular weight excluding hydrogens is 397 g/mol. The summed E-state index contributed by atoms with van der Waals surface area (Å²) in [6.45, 7) is 7.47. The zero-order valence-electron chi connectivity index (χ0n) is 16.3. The van der Waals surface area contributed by atoms with Crippen molar-refractivity contribution in [2.24, 2.45) is 5.73 Å². The Balaban J connectivity index is 0.00000196. The minimum Gasteiger partial charge on any atom is -0.468 e. The van der Waals surface area contributed by atoms with Crippen LogP contribution in [0.2, 0.25) is 0 Å². The molecular formula is C20H29Cl2N5O. The van der Waals surface area contributed by atoms with Crippen molar-refractivity contribution in [3.8, 4) is 0 Å². The van der Waals surface area contributed by atoms with Gasteiger partial charge in [-0.15, -0.1) is 24.8 Å². The van der Waals surface area contributed by atoms with Crippen LogP contribution in [-0.4, -0.2) is 41.0 Å². The second-order valence-corrected chi connectivity index (χ2v) is 6.18. The number of nitrogens with one attached hydrogen (secondary N) is 1. The maximum absolute atomic E-state index is 5.70. The number of nitrogens with zero attached hydrogens (tertiary/aromatic N) is 3. The molecule has 6 nitrogen and oxygen atoms in total. The van der Waals surface area contributed by atoms with Gasteiger partial charge in [0.1, 0.15) is 17.4 Å². The summed E-state index contributed by atoms with van der Waals surface area (Å²) < 4.78 is 5.69. The Hall–Kier alpha value is -1.86. The van der Waals surface area contributed by atoms with Gasteiger partial charge in [-0.2, -0.15) is 0 Å². The third kappa shape index (κ3) is 5.58. The van der Waals surface area contributed by atoms with Crippen molar-refractivity contribution in [1.29, 1.82) is 0 Å². The average molecular weight is 426 g/mol. The fourth-order valence-electron chi connectivity index (χ4n) is 3.25. The Morgan fingerprint density at radius 3 is 2.46 bits per heavy atom. The second kappa shape index (κ2) is 11.9. The third-order valence-corrected chi connectivity index (χ3v) is 4.61. The van der Waals surface area contributed by atoms with Crippen molar-refractivity contribution in [2.75, 3.05) is 31.5 Å². The van der Waals surface area contributed by atoms with E-state index >= 15 is 0 Å². The van der Waals surface area contributed by atoms with Crippen LogP contribution in [0.1, 0.15) is 31.5 Å². The number of anilines is 1. The largest absolute Gasteiger partial charge is 0.468 e. The summed E-state index contributed by atoms with van der Waals surface area (Å²) in [4.78, 5) is 11.7. The Morgan fingerprint density at radius 2 is 1.82 bits per heavy atom. The lowest BCUT2D eigenvalue weighted by Gasteiger charge is -2.28. The monoisotopic (exact) mass is 425 g/mol. The molecule has 3 aromatic rings. The smallest absolute Gasteiger partial charge is 0.137 e. The first kappa shape index (κ1) is 24.2. The standard InChI is InChI=1S/C20H27N5O.2ClH/c1-3-25(4-2)17(18-10-7-13-26-18)14-22-20-15-8-5-6-9-16(15)23-19(24-20)11-12-21;;/h5-10,13,17H,3-4,11-12,14,21H2,1-2H3,(H,22,23,24);2*1H. The second-order valence-electron chi connectivity index (χ2n) is 6.18. The van der Waals surface area contributed by atoms with Gasteiger partial charge in [-0.25, -0.2) is 9.97 Å². The van der Waals surface area contributed by atoms with E-state index in [-0.39, 0.29) is 30.9 Å². The van der Waals surface area contributed by atoms with E-state index in [1.165, 1.54) is 0 Å². The highest BCUT2D eigenvalue weighted by Crippen LogP contribution is 2.24. The number of rotatable bonds is 9. The number of halogens is 2. The highest BCUT2D eigenvalue weighted by Gasteiger charge is 2.21. The van der Waals surface area contributed by atoms with Crippen LogP contribution in [-0.2, 0) is 6.42 Å². The fourth-order valence-corrected chi connectivity index (χ4v) is 3.25. The molecule has 1 atom stereocenters. The molecule has 0 aliphatic heterocycles. The van der Waals surface area contributed by atoms with Gasteiger partial charge in [0, 0.05) is 18.4 Å². The molecule has 28 heavy (non-hydrogen) atoms. The van der Waals surface area contributed by atoms with Gasteiger partial charge in [0.05, 0.1) is 17.8 Å². The topological polar surface area (TPSA) is 80.2 Å². The van der Waals surface area contributed by atoms with E-state index in [0.717, 1.165) is 41.4 Å². The maximum atomic E-state index is 5.70. The van der Waals surface area contributed by atoms with E-state index in [4.69, 9.17) is 15.1 Å². The Morgan fingerprint density at radius 1 is 1.07 bits per heavy atom. The quantitative estimate of drug-likeness (QED) is 0.537. The summed E-state index contributed by atoms with van der Waals surface area (Å²) in [5, 5.41) is 4.55. The van der Waals surface area contributed by atoms with E-state index < -0.39 is 0 Å². The highest BCUT2D eigenvalue weighted by atomic mass is 35.5. The lowest BCUT2D eigenvalue weighted by atomic mass is 10.1. The van der Waals surface area contributed by atoms with Crippen LogP contribution in [0.15, 0.2) is 47.1 Å². The normalized spacial score (nSPS) is 11.7. The summed E-state index contributed by atoms with van der Waals surface area (Å²) in [6.07, 6.45) is 2.39. The molecule has 0 amide bonds. The van der Waals surface area contributed by atoms with Gasteiger partial charge in [-0.1, -0.05) is 26.0 Å². The van der Waals surface area contributed by atoms with Gasteiger partial charge in [0.25, 0.3) is 0 Å². The first-order valence-electron chi connectivity index (χ1n) is 9.23. The first-order chi connectivity index (χ1) is 12.8. The number of hydrogen-bond donors (Lipinski definition) is 2. The summed E-state index contributed by atoms with van der Waals surface area (Å²) in [7, 11) is 0. The number of likely N-dealkylation sites (N-methyl/N-ethyl adjacent to an activating group) is 1. The molecule has 0 fully saturated rings. The molecule has 0 radical (unpaired) electrons. The molecule has 0 aliphatic carbocycles. The number of benzene rings is 1. The molecule has 2 heterocycles. The lowest BCUT2D eigenvalue weighted by molar-refractivity contribution is 0.202. The van der Waals surface area contributed by atoms with Crippen LogP contribution in [0.3, 0.4) is 0 Å². The Kier molecular flexibility index (Phi) is 10.2. The van der Waals surface area contributed by atoms with Crippen LogP contribution in [0.4, 0.5) is 5.82 Å². The van der Waals surface area contributed by atoms with E-state index in [9.17, 15) is 0 Å². The molecule has 0 spiro atoms. The highest BCUT2D eigenvalue weighted by molar-refractivity contribution is 5.89. The van der Waals surface area contributed by atoms with Crippen molar-refractivity contribution in [1.82, 2.24) is 14.9 Å². The summed E-state index contributed by atoms with van der Waals surface area (Å²) in [5.41, 5.74) is 6.63. The molecule has 1 aromatic carbocycles. The van der Waals surface area contributed by atoms with Gasteiger partial charge >= 0.3 is 0 Å². The van der Waals surface area contributed by atoms with Gasteiger partial charge in [0.2, 0.25) is 0 Å². The minimum absolute atomic E-state index is 0. The SMILES string of the molecule is CCN(CC)C(CNc1nc(CCN)nc2ccccc12)c1ccco1.Cl.Cl. The first-order valence-corrected chi connectivity index (χ1v) is 9.23. The van der Waals surface area contributed by atoms with Crippen molar-refractivity contribution in [2.45, 2.75) is 26.3 Å². The Labute approximate surface area is 178 Å². The van der Waals surface area contributed by atoms with E-state index in [1.54, 1.807) is 6.26 Å². The fraction of sp³-hybridized carbons (Fsp3) is 0.400. The van der Waals surface area contributed by atoms with E-state index in [2.05, 4.69) is 29.0 Å².